The average molecular weight is 166 g/mol. The van der Waals surface area contributed by atoms with E-state index in [-0.39, 0.29) is 0 Å². The fraction of sp³-hybridized carbons (Fsp3) is 1.00. The first-order valence-corrected chi connectivity index (χ1v) is 3.35. The Morgan fingerprint density at radius 3 is 2.00 bits per heavy atom. The summed E-state index contributed by atoms with van der Waals surface area (Å²) in [6.45, 7) is 0.414. The van der Waals surface area contributed by atoms with Crippen LogP contribution in [-0.2, 0) is 4.74 Å². The van der Waals surface area contributed by atoms with E-state index >= 15 is 0 Å². The smallest absolute Gasteiger partial charge is 0.152 e. The molecule has 0 heterocycles. The van der Waals surface area contributed by atoms with Gasteiger partial charge in [-0.05, 0) is 6.92 Å². The Hall–Kier alpha value is -0.200. The van der Waals surface area contributed by atoms with Crippen LogP contribution < -0.4 is 0 Å². The van der Waals surface area contributed by atoms with Gasteiger partial charge in [0.05, 0.1) is 13.2 Å². The molecule has 0 aliphatic carbocycles. The summed E-state index contributed by atoms with van der Waals surface area (Å²) in [6.07, 6.45) is -3.15. The average Bonchev–Trinajstić information content (AvgIpc) is 1.98. The van der Waals surface area contributed by atoms with Crippen molar-refractivity contribution in [3.05, 3.63) is 0 Å². The Morgan fingerprint density at radius 1 is 1.18 bits per heavy atom. The molecule has 0 aromatic carbocycles. The summed E-state index contributed by atoms with van der Waals surface area (Å²) in [5.74, 6) is 0. The van der Waals surface area contributed by atoms with Crippen LogP contribution in [0.15, 0.2) is 0 Å². The molecule has 68 valence electrons. The minimum absolute atomic E-state index is 0.438. The lowest BCUT2D eigenvalue weighted by atomic mass is 10.2. The fourth-order valence-electron chi connectivity index (χ4n) is 0.626. The summed E-state index contributed by atoms with van der Waals surface area (Å²) in [7, 11) is 0. The van der Waals surface area contributed by atoms with E-state index < -0.39 is 31.7 Å². The van der Waals surface area contributed by atoms with E-state index in [9.17, 15) is 0 Å². The van der Waals surface area contributed by atoms with E-state index in [4.69, 9.17) is 20.4 Å². The van der Waals surface area contributed by atoms with Gasteiger partial charge < -0.3 is 25.2 Å². The summed E-state index contributed by atoms with van der Waals surface area (Å²) < 4.78 is 4.65. The third-order valence-corrected chi connectivity index (χ3v) is 1.17. The highest BCUT2D eigenvalue weighted by molar-refractivity contribution is 4.66. The molecule has 11 heavy (non-hydrogen) atoms. The van der Waals surface area contributed by atoms with Crippen molar-refractivity contribution in [1.82, 2.24) is 0 Å². The Balaban J connectivity index is 3.74. The van der Waals surface area contributed by atoms with Crippen LogP contribution in [-0.4, -0.2) is 52.1 Å². The van der Waals surface area contributed by atoms with Crippen molar-refractivity contribution >= 4 is 0 Å². The van der Waals surface area contributed by atoms with E-state index in [2.05, 4.69) is 4.74 Å². The van der Waals surface area contributed by atoms with E-state index in [0.717, 1.165) is 0 Å². The van der Waals surface area contributed by atoms with Gasteiger partial charge >= 0.3 is 0 Å². The molecule has 5 heteroatoms. The van der Waals surface area contributed by atoms with Crippen molar-refractivity contribution in [3.63, 3.8) is 0 Å². The van der Waals surface area contributed by atoms with E-state index in [0.29, 0.717) is 0 Å². The molecule has 0 saturated heterocycles. The van der Waals surface area contributed by atoms with Crippen molar-refractivity contribution in [2.75, 3.05) is 13.2 Å². The van der Waals surface area contributed by atoms with Crippen LogP contribution in [0.2, 0.25) is 0 Å². The Labute approximate surface area is 64.9 Å². The van der Waals surface area contributed by atoms with Gasteiger partial charge in [-0.2, -0.15) is 0 Å². The van der Waals surface area contributed by atoms with Crippen LogP contribution >= 0.6 is 0 Å². The highest BCUT2D eigenvalue weighted by atomic mass is 16.6. The summed E-state index contributed by atoms with van der Waals surface area (Å²) >= 11 is 0. The highest BCUT2D eigenvalue weighted by Gasteiger charge is 2.19. The van der Waals surface area contributed by atoms with Gasteiger partial charge in [0.25, 0.3) is 0 Å². The number of aliphatic hydroxyl groups excluding tert-OH is 4. The zero-order valence-electron chi connectivity index (χ0n) is 6.34. The third-order valence-electron chi connectivity index (χ3n) is 1.17. The molecule has 0 amide bonds. The van der Waals surface area contributed by atoms with Crippen molar-refractivity contribution in [2.24, 2.45) is 0 Å². The van der Waals surface area contributed by atoms with Gasteiger partial charge in [-0.1, -0.05) is 0 Å². The van der Waals surface area contributed by atoms with Crippen LogP contribution in [0.4, 0.5) is 0 Å². The lowest BCUT2D eigenvalue weighted by Gasteiger charge is -2.20. The van der Waals surface area contributed by atoms with Gasteiger partial charge in [0.1, 0.15) is 12.2 Å². The van der Waals surface area contributed by atoms with E-state index in [1.54, 1.807) is 0 Å². The summed E-state index contributed by atoms with van der Waals surface area (Å²) in [4.78, 5) is 0. The highest BCUT2D eigenvalue weighted by Crippen LogP contribution is 2.00. The fourth-order valence-corrected chi connectivity index (χ4v) is 0.626. The molecule has 0 bridgehead atoms. The molecule has 0 fully saturated rings. The Morgan fingerprint density at radius 2 is 1.73 bits per heavy atom. The molecule has 0 aliphatic heterocycles. The van der Waals surface area contributed by atoms with Gasteiger partial charge in [0.2, 0.25) is 0 Å². The van der Waals surface area contributed by atoms with Crippen LogP contribution in [0.5, 0.6) is 0 Å². The van der Waals surface area contributed by atoms with Gasteiger partial charge in [-0.25, -0.2) is 0 Å². The molecule has 0 spiro atoms. The van der Waals surface area contributed by atoms with Crippen LogP contribution in [0.25, 0.3) is 0 Å². The molecule has 0 aromatic rings. The Bertz CT molecular complexity index is 95.0. The number of ether oxygens (including phenoxy) is 1. The lowest BCUT2D eigenvalue weighted by molar-refractivity contribution is -0.172. The first-order valence-electron chi connectivity index (χ1n) is 3.35. The first-order chi connectivity index (χ1) is 5.11. The summed E-state index contributed by atoms with van der Waals surface area (Å²) in [6, 6.07) is 0. The maximum absolute atomic E-state index is 8.92. The molecule has 0 aliphatic rings. The lowest BCUT2D eigenvalue weighted by Crippen LogP contribution is -2.37. The van der Waals surface area contributed by atoms with Crippen molar-refractivity contribution in [3.8, 4) is 0 Å². The molecule has 5 nitrogen and oxygen atoms in total. The number of hydrogen-bond donors (Lipinski definition) is 4. The molecule has 0 saturated carbocycles. The van der Waals surface area contributed by atoms with E-state index in [1.807, 2.05) is 0 Å². The molecule has 0 aromatic heterocycles. The van der Waals surface area contributed by atoms with Crippen LogP contribution in [0.3, 0.4) is 0 Å². The second kappa shape index (κ2) is 5.45. The molecular weight excluding hydrogens is 152 g/mol. The summed E-state index contributed by atoms with van der Waals surface area (Å²) in [5, 5.41) is 34.6. The maximum atomic E-state index is 8.92. The van der Waals surface area contributed by atoms with Crippen molar-refractivity contribution < 1.29 is 25.2 Å². The molecule has 0 radical (unpaired) electrons. The zero-order valence-corrected chi connectivity index (χ0v) is 6.34. The molecule has 4 N–H and O–H groups in total. The van der Waals surface area contributed by atoms with Crippen LogP contribution in [0, 0.1) is 0 Å². The normalized spacial score (nSPS) is 19.4. The standard InChI is InChI=1S/C6H14O5/c1-4(9)11-6(3-8)5(10)2-7/h4-10H,2-3H2,1H3/t4-,5?,6?/m1/s1. The molecule has 2 unspecified atom stereocenters. The maximum Gasteiger partial charge on any atom is 0.152 e. The van der Waals surface area contributed by atoms with Gasteiger partial charge in [-0.3, -0.25) is 0 Å². The number of hydrogen-bond acceptors (Lipinski definition) is 5. The van der Waals surface area contributed by atoms with Gasteiger partial charge in [0, 0.05) is 0 Å². The zero-order chi connectivity index (χ0) is 8.85. The van der Waals surface area contributed by atoms with E-state index in [1.165, 1.54) is 6.92 Å². The minimum atomic E-state index is -1.16. The third kappa shape index (κ3) is 4.28. The largest absolute Gasteiger partial charge is 0.394 e. The SMILES string of the molecule is C[C@H](O)OC(CO)C(O)CO. The van der Waals surface area contributed by atoms with Gasteiger partial charge in [0.15, 0.2) is 6.29 Å². The van der Waals surface area contributed by atoms with Gasteiger partial charge in [-0.15, -0.1) is 0 Å². The number of rotatable bonds is 5. The second-order valence-electron chi connectivity index (χ2n) is 2.21. The second-order valence-corrected chi connectivity index (χ2v) is 2.21. The predicted molar refractivity (Wildman–Crippen MR) is 36.7 cm³/mol. The molecule has 0 rings (SSSR count). The Kier molecular flexibility index (Phi) is 5.35. The number of aliphatic hydroxyl groups is 4. The minimum Gasteiger partial charge on any atom is -0.394 e. The molecular formula is C6H14O5. The first kappa shape index (κ1) is 10.8. The quantitative estimate of drug-likeness (QED) is 0.357. The van der Waals surface area contributed by atoms with Crippen molar-refractivity contribution in [1.29, 1.82) is 0 Å². The van der Waals surface area contributed by atoms with Crippen LogP contribution in [0.1, 0.15) is 6.92 Å². The monoisotopic (exact) mass is 166 g/mol. The summed E-state index contributed by atoms with van der Waals surface area (Å²) in [5.41, 5.74) is 0. The molecule has 3 atom stereocenters. The van der Waals surface area contributed by atoms with Crippen molar-refractivity contribution in [2.45, 2.75) is 25.4 Å². The topological polar surface area (TPSA) is 90.2 Å². The predicted octanol–water partition coefficient (Wildman–Crippen LogP) is -1.94.